The van der Waals surface area contributed by atoms with Gasteiger partial charge in [-0.2, -0.15) is 0 Å². The zero-order valence-corrected chi connectivity index (χ0v) is 20.1. The number of hydrogen-bond donors (Lipinski definition) is 1. The average Bonchev–Trinajstić information content (AvgIpc) is 2.80. The van der Waals surface area contributed by atoms with E-state index in [1.54, 1.807) is 69.3 Å². The Morgan fingerprint density at radius 2 is 1.35 bits per heavy atom. The number of rotatable bonds is 10. The number of Topliss-reactive ketones (excluding diaryl/α,β-unsaturated/α-hetero) is 1. The number of carbonyl (C=O) groups is 4. The molecular weight excluding hydrogens is 458 g/mol. The Morgan fingerprint density at radius 1 is 0.853 bits per heavy atom. The molecule has 1 atom stereocenters. The van der Waals surface area contributed by atoms with Crippen LogP contribution in [0.2, 0.25) is 0 Å². The van der Waals surface area contributed by atoms with E-state index in [-0.39, 0.29) is 13.2 Å². The molecule has 1 N–H and O–H groups in total. The quantitative estimate of drug-likeness (QED) is 0.235. The molecule has 0 bridgehead atoms. The van der Waals surface area contributed by atoms with E-state index < -0.39 is 46.7 Å². The minimum atomic E-state index is -1.41. The monoisotopic (exact) mass is 485 g/mol. The third-order valence-corrected chi connectivity index (χ3v) is 4.63. The van der Waals surface area contributed by atoms with Crippen LogP contribution in [0.15, 0.2) is 60.7 Å². The van der Waals surface area contributed by atoms with Crippen molar-refractivity contribution < 1.29 is 33.4 Å². The van der Waals surface area contributed by atoms with Gasteiger partial charge in [0.1, 0.15) is 24.9 Å². The largest absolute Gasteiger partial charge is 0.459 e. The second kappa shape index (κ2) is 12.6. The SMILES string of the molecule is CC(C)(C)OC(=O)N[C@@H](CC(=O)C(=S)C(=O)OCc1ccccc1)C(=O)OCc1ccccc1. The number of alkyl carbamates (subject to hydrolysis) is 1. The van der Waals surface area contributed by atoms with Crippen LogP contribution in [0, 0.1) is 0 Å². The number of benzene rings is 2. The molecule has 0 radical (unpaired) electrons. The smallest absolute Gasteiger partial charge is 0.408 e. The van der Waals surface area contributed by atoms with Crippen molar-refractivity contribution in [1.82, 2.24) is 5.32 Å². The lowest BCUT2D eigenvalue weighted by molar-refractivity contribution is -0.148. The van der Waals surface area contributed by atoms with E-state index in [0.717, 1.165) is 11.1 Å². The van der Waals surface area contributed by atoms with Crippen molar-refractivity contribution in [2.75, 3.05) is 0 Å². The molecule has 0 spiro atoms. The summed E-state index contributed by atoms with van der Waals surface area (Å²) in [6, 6.07) is 16.4. The predicted molar refractivity (Wildman–Crippen MR) is 128 cm³/mol. The van der Waals surface area contributed by atoms with Crippen LogP contribution in [0.1, 0.15) is 38.3 Å². The van der Waals surface area contributed by atoms with Gasteiger partial charge in [0, 0.05) is 6.42 Å². The summed E-state index contributed by atoms with van der Waals surface area (Å²) in [5, 5.41) is 2.32. The fraction of sp³-hybridized carbons (Fsp3) is 0.320. The van der Waals surface area contributed by atoms with Crippen molar-refractivity contribution in [2.24, 2.45) is 0 Å². The lowest BCUT2D eigenvalue weighted by atomic mass is 10.1. The minimum absolute atomic E-state index is 0.0637. The van der Waals surface area contributed by atoms with Crippen LogP contribution in [0.4, 0.5) is 4.79 Å². The van der Waals surface area contributed by atoms with Crippen LogP contribution < -0.4 is 5.32 Å². The van der Waals surface area contributed by atoms with Crippen LogP contribution in [0.5, 0.6) is 0 Å². The van der Waals surface area contributed by atoms with Gasteiger partial charge in [0.15, 0.2) is 10.6 Å². The van der Waals surface area contributed by atoms with E-state index >= 15 is 0 Å². The van der Waals surface area contributed by atoms with Crippen molar-refractivity contribution in [3.05, 3.63) is 71.8 Å². The number of ether oxygens (including phenoxy) is 3. The second-order valence-corrected chi connectivity index (χ2v) is 8.72. The van der Waals surface area contributed by atoms with Crippen LogP contribution in [-0.4, -0.2) is 40.3 Å². The van der Waals surface area contributed by atoms with Crippen LogP contribution in [-0.2, 0) is 41.8 Å². The normalized spacial score (nSPS) is 11.6. The molecule has 0 saturated carbocycles. The molecule has 8 nitrogen and oxygen atoms in total. The number of carbonyl (C=O) groups excluding carboxylic acids is 4. The van der Waals surface area contributed by atoms with Crippen LogP contribution >= 0.6 is 12.2 Å². The fourth-order valence-corrected chi connectivity index (χ4v) is 2.80. The molecule has 9 heteroatoms. The van der Waals surface area contributed by atoms with Crippen molar-refractivity contribution in [1.29, 1.82) is 0 Å². The third kappa shape index (κ3) is 9.50. The van der Waals surface area contributed by atoms with Crippen molar-refractivity contribution in [3.63, 3.8) is 0 Å². The van der Waals surface area contributed by atoms with E-state index in [9.17, 15) is 19.2 Å². The molecule has 0 saturated heterocycles. The van der Waals surface area contributed by atoms with Crippen molar-refractivity contribution >= 4 is 40.9 Å². The Bertz CT molecular complexity index is 1020. The Morgan fingerprint density at radius 3 is 1.85 bits per heavy atom. The maximum absolute atomic E-state index is 12.7. The lowest BCUT2D eigenvalue weighted by Gasteiger charge is -2.22. The summed E-state index contributed by atoms with van der Waals surface area (Å²) in [4.78, 5) is 49.1. The second-order valence-electron chi connectivity index (χ2n) is 8.31. The minimum Gasteiger partial charge on any atom is -0.459 e. The zero-order valence-electron chi connectivity index (χ0n) is 19.2. The molecule has 2 rings (SSSR count). The van der Waals surface area contributed by atoms with Gasteiger partial charge in [-0.15, -0.1) is 0 Å². The van der Waals surface area contributed by atoms with Crippen molar-refractivity contribution in [2.45, 2.75) is 52.0 Å². The highest BCUT2D eigenvalue weighted by Crippen LogP contribution is 2.10. The molecule has 2 aromatic carbocycles. The van der Waals surface area contributed by atoms with E-state index in [4.69, 9.17) is 26.4 Å². The van der Waals surface area contributed by atoms with E-state index in [2.05, 4.69) is 5.32 Å². The molecule has 0 fully saturated rings. The first-order valence-corrected chi connectivity index (χ1v) is 10.9. The number of esters is 2. The molecule has 0 aliphatic rings. The first-order valence-electron chi connectivity index (χ1n) is 10.5. The van der Waals surface area contributed by atoms with Gasteiger partial charge in [-0.1, -0.05) is 72.9 Å². The van der Waals surface area contributed by atoms with Gasteiger partial charge in [0.05, 0.1) is 0 Å². The van der Waals surface area contributed by atoms with Gasteiger partial charge in [0.2, 0.25) is 0 Å². The Balaban J connectivity index is 2.01. The Hall–Kier alpha value is -3.59. The standard InChI is InChI=1S/C25H27NO7S/c1-25(2,3)33-24(30)26-19(22(28)31-15-17-10-6-4-7-11-17)14-20(27)21(34)23(29)32-16-18-12-8-5-9-13-18/h4-13,19H,14-16H2,1-3H3,(H,26,30)/t19-/m0/s1. The molecule has 0 unspecified atom stereocenters. The molecule has 1 amide bonds. The first-order chi connectivity index (χ1) is 16.0. The van der Waals surface area contributed by atoms with E-state index in [0.29, 0.717) is 0 Å². The molecule has 0 aliphatic carbocycles. The molecular formula is C25H27NO7S. The summed E-state index contributed by atoms with van der Waals surface area (Å²) >= 11 is 4.94. The average molecular weight is 486 g/mol. The van der Waals surface area contributed by atoms with Gasteiger partial charge >= 0.3 is 18.0 Å². The molecule has 0 heterocycles. The highest BCUT2D eigenvalue weighted by atomic mass is 32.1. The van der Waals surface area contributed by atoms with Crippen LogP contribution in [0.25, 0.3) is 0 Å². The van der Waals surface area contributed by atoms with Gasteiger partial charge in [0.25, 0.3) is 0 Å². The van der Waals surface area contributed by atoms with Gasteiger partial charge < -0.3 is 19.5 Å². The lowest BCUT2D eigenvalue weighted by Crippen LogP contribution is -2.46. The summed E-state index contributed by atoms with van der Waals surface area (Å²) in [7, 11) is 0. The summed E-state index contributed by atoms with van der Waals surface area (Å²) in [6.07, 6.45) is -1.51. The number of ketones is 1. The summed E-state index contributed by atoms with van der Waals surface area (Å²) < 4.78 is 15.5. The predicted octanol–water partition coefficient (Wildman–Crippen LogP) is 3.70. The maximum atomic E-state index is 12.7. The maximum Gasteiger partial charge on any atom is 0.408 e. The third-order valence-electron chi connectivity index (χ3n) is 4.24. The molecule has 34 heavy (non-hydrogen) atoms. The van der Waals surface area contributed by atoms with Crippen molar-refractivity contribution in [3.8, 4) is 0 Å². The Kier molecular flexibility index (Phi) is 9.88. The number of amides is 1. The molecule has 0 aliphatic heterocycles. The summed E-state index contributed by atoms with van der Waals surface area (Å²) in [5.74, 6) is -2.70. The number of hydrogen-bond acceptors (Lipinski definition) is 8. The summed E-state index contributed by atoms with van der Waals surface area (Å²) in [5.41, 5.74) is 0.613. The fourth-order valence-electron chi connectivity index (χ4n) is 2.65. The van der Waals surface area contributed by atoms with Gasteiger partial charge in [-0.3, -0.25) is 4.79 Å². The number of nitrogens with one attached hydrogen (secondary N) is 1. The molecule has 0 aromatic heterocycles. The highest BCUT2D eigenvalue weighted by Gasteiger charge is 2.31. The van der Waals surface area contributed by atoms with Crippen LogP contribution in [0.3, 0.4) is 0 Å². The zero-order chi connectivity index (χ0) is 25.1. The van der Waals surface area contributed by atoms with Gasteiger partial charge in [-0.05, 0) is 31.9 Å². The Labute approximate surface area is 203 Å². The summed E-state index contributed by atoms with van der Waals surface area (Å²) in [6.45, 7) is 4.82. The van der Waals surface area contributed by atoms with E-state index in [1.807, 2.05) is 12.1 Å². The molecule has 2 aromatic rings. The van der Waals surface area contributed by atoms with Gasteiger partial charge in [-0.25, -0.2) is 14.4 Å². The number of thiocarbonyl (C=S) groups is 1. The first kappa shape index (κ1) is 26.7. The topological polar surface area (TPSA) is 108 Å². The highest BCUT2D eigenvalue weighted by molar-refractivity contribution is 7.84. The molecule has 180 valence electrons. The van der Waals surface area contributed by atoms with E-state index in [1.165, 1.54) is 0 Å².